The van der Waals surface area contributed by atoms with Crippen molar-refractivity contribution in [3.8, 4) is 5.75 Å². The zero-order valence-corrected chi connectivity index (χ0v) is 9.72. The first-order chi connectivity index (χ1) is 7.76. The largest absolute Gasteiger partial charge is 0.494 e. The molecule has 1 heterocycles. The summed E-state index contributed by atoms with van der Waals surface area (Å²) in [4.78, 5) is 2.26. The SMILES string of the molecule is CCCN1CCNc2cc(F)c(OC)cc21. The number of anilines is 2. The van der Waals surface area contributed by atoms with Gasteiger partial charge in [-0.2, -0.15) is 0 Å². The molecule has 0 aromatic heterocycles. The molecule has 88 valence electrons. The zero-order valence-electron chi connectivity index (χ0n) is 9.72. The molecule has 0 spiro atoms. The smallest absolute Gasteiger partial charge is 0.167 e. The van der Waals surface area contributed by atoms with Gasteiger partial charge >= 0.3 is 0 Å². The van der Waals surface area contributed by atoms with Crippen LogP contribution in [0.1, 0.15) is 13.3 Å². The van der Waals surface area contributed by atoms with E-state index in [2.05, 4.69) is 17.1 Å². The number of methoxy groups -OCH3 is 1. The number of halogens is 1. The molecule has 0 saturated heterocycles. The van der Waals surface area contributed by atoms with Crippen molar-refractivity contribution in [3.63, 3.8) is 0 Å². The third-order valence-electron chi connectivity index (χ3n) is 2.80. The predicted molar refractivity (Wildman–Crippen MR) is 63.9 cm³/mol. The number of fused-ring (bicyclic) bond motifs is 1. The first-order valence-corrected chi connectivity index (χ1v) is 5.62. The quantitative estimate of drug-likeness (QED) is 0.853. The second kappa shape index (κ2) is 4.60. The molecule has 16 heavy (non-hydrogen) atoms. The van der Waals surface area contributed by atoms with E-state index in [1.54, 1.807) is 6.07 Å². The van der Waals surface area contributed by atoms with Gasteiger partial charge in [0.05, 0.1) is 18.5 Å². The Balaban J connectivity index is 2.38. The topological polar surface area (TPSA) is 24.5 Å². The molecular formula is C12H17FN2O. The van der Waals surface area contributed by atoms with Crippen LogP contribution in [-0.2, 0) is 0 Å². The summed E-state index contributed by atoms with van der Waals surface area (Å²) in [7, 11) is 1.49. The van der Waals surface area contributed by atoms with Crippen LogP contribution in [0.5, 0.6) is 5.75 Å². The molecule has 0 fully saturated rings. The van der Waals surface area contributed by atoms with Crippen LogP contribution in [0.3, 0.4) is 0 Å². The van der Waals surface area contributed by atoms with Crippen molar-refractivity contribution in [2.75, 3.05) is 37.0 Å². The predicted octanol–water partition coefficient (Wildman–Crippen LogP) is 2.48. The van der Waals surface area contributed by atoms with Gasteiger partial charge in [-0.1, -0.05) is 6.92 Å². The van der Waals surface area contributed by atoms with E-state index in [-0.39, 0.29) is 5.82 Å². The molecular weight excluding hydrogens is 207 g/mol. The molecule has 1 aromatic carbocycles. The van der Waals surface area contributed by atoms with Gasteiger partial charge in [0.1, 0.15) is 0 Å². The van der Waals surface area contributed by atoms with E-state index in [4.69, 9.17) is 4.74 Å². The molecule has 0 saturated carbocycles. The van der Waals surface area contributed by atoms with E-state index in [1.165, 1.54) is 13.2 Å². The van der Waals surface area contributed by atoms with Gasteiger partial charge in [-0.3, -0.25) is 0 Å². The highest BCUT2D eigenvalue weighted by atomic mass is 19.1. The van der Waals surface area contributed by atoms with Crippen molar-refractivity contribution >= 4 is 11.4 Å². The number of nitrogens with zero attached hydrogens (tertiary/aromatic N) is 1. The standard InChI is InChI=1S/C12H17FN2O/c1-3-5-15-6-4-14-10-7-9(13)12(16-2)8-11(10)15/h7-8,14H,3-6H2,1-2H3. The molecule has 0 unspecified atom stereocenters. The van der Waals surface area contributed by atoms with E-state index in [0.29, 0.717) is 5.75 Å². The fourth-order valence-electron chi connectivity index (χ4n) is 2.05. The highest BCUT2D eigenvalue weighted by Crippen LogP contribution is 2.34. The Morgan fingerprint density at radius 2 is 2.31 bits per heavy atom. The molecule has 0 atom stereocenters. The summed E-state index contributed by atoms with van der Waals surface area (Å²) in [5.74, 6) is -0.00403. The van der Waals surface area contributed by atoms with E-state index in [9.17, 15) is 4.39 Å². The normalized spacial score (nSPS) is 14.3. The summed E-state index contributed by atoms with van der Waals surface area (Å²) in [6, 6.07) is 3.28. The van der Waals surface area contributed by atoms with Crippen LogP contribution in [0, 0.1) is 5.82 Å². The first kappa shape index (κ1) is 11.0. The Morgan fingerprint density at radius 1 is 1.50 bits per heavy atom. The lowest BCUT2D eigenvalue weighted by molar-refractivity contribution is 0.386. The average molecular weight is 224 g/mol. The monoisotopic (exact) mass is 224 g/mol. The minimum absolute atomic E-state index is 0.309. The van der Waals surface area contributed by atoms with E-state index >= 15 is 0 Å². The first-order valence-electron chi connectivity index (χ1n) is 5.62. The number of benzene rings is 1. The molecule has 1 aliphatic heterocycles. The zero-order chi connectivity index (χ0) is 11.5. The summed E-state index contributed by atoms with van der Waals surface area (Å²) in [6.45, 7) is 4.94. The number of ether oxygens (including phenoxy) is 1. The number of hydrogen-bond acceptors (Lipinski definition) is 3. The third kappa shape index (κ3) is 1.92. The highest BCUT2D eigenvalue weighted by molar-refractivity contribution is 5.74. The second-order valence-corrected chi connectivity index (χ2v) is 3.92. The molecule has 0 bridgehead atoms. The molecule has 4 heteroatoms. The summed E-state index contributed by atoms with van der Waals surface area (Å²) in [5, 5.41) is 3.21. The molecule has 0 aliphatic carbocycles. The van der Waals surface area contributed by atoms with Gasteiger partial charge in [-0.15, -0.1) is 0 Å². The second-order valence-electron chi connectivity index (χ2n) is 3.92. The van der Waals surface area contributed by atoms with Gasteiger partial charge in [-0.05, 0) is 6.42 Å². The molecule has 2 rings (SSSR count). The van der Waals surface area contributed by atoms with Crippen molar-refractivity contribution < 1.29 is 9.13 Å². The lowest BCUT2D eigenvalue weighted by Gasteiger charge is -2.32. The lowest BCUT2D eigenvalue weighted by atomic mass is 10.1. The number of hydrogen-bond donors (Lipinski definition) is 1. The summed E-state index contributed by atoms with van der Waals surface area (Å²) < 4.78 is 18.5. The Bertz CT molecular complexity index is 382. The van der Waals surface area contributed by atoms with Crippen LogP contribution >= 0.6 is 0 Å². The number of nitrogens with one attached hydrogen (secondary N) is 1. The summed E-state index contributed by atoms with van der Waals surface area (Å²) in [6.07, 6.45) is 1.08. The van der Waals surface area contributed by atoms with Crippen LogP contribution in [0.25, 0.3) is 0 Å². The fraction of sp³-hybridized carbons (Fsp3) is 0.500. The van der Waals surface area contributed by atoms with Gasteiger partial charge in [0, 0.05) is 31.8 Å². The maximum atomic E-state index is 13.5. The maximum absolute atomic E-state index is 13.5. The van der Waals surface area contributed by atoms with Crippen LogP contribution in [0.2, 0.25) is 0 Å². The van der Waals surface area contributed by atoms with E-state index < -0.39 is 0 Å². The van der Waals surface area contributed by atoms with Gasteiger partial charge in [0.15, 0.2) is 11.6 Å². The molecule has 0 amide bonds. The molecule has 1 N–H and O–H groups in total. The Hall–Kier alpha value is -1.45. The van der Waals surface area contributed by atoms with Crippen molar-refractivity contribution in [3.05, 3.63) is 17.9 Å². The summed E-state index contributed by atoms with van der Waals surface area (Å²) >= 11 is 0. The molecule has 1 aliphatic rings. The van der Waals surface area contributed by atoms with Gasteiger partial charge < -0.3 is 15.0 Å². The number of rotatable bonds is 3. The van der Waals surface area contributed by atoms with Gasteiger partial charge in [0.2, 0.25) is 0 Å². The van der Waals surface area contributed by atoms with Crippen molar-refractivity contribution in [2.45, 2.75) is 13.3 Å². The fourth-order valence-corrected chi connectivity index (χ4v) is 2.05. The van der Waals surface area contributed by atoms with Crippen molar-refractivity contribution in [1.82, 2.24) is 0 Å². The maximum Gasteiger partial charge on any atom is 0.167 e. The summed E-state index contributed by atoms with van der Waals surface area (Å²) in [5.41, 5.74) is 1.89. The minimum atomic E-state index is -0.313. The van der Waals surface area contributed by atoms with Crippen LogP contribution in [-0.4, -0.2) is 26.7 Å². The van der Waals surface area contributed by atoms with Gasteiger partial charge in [0.25, 0.3) is 0 Å². The average Bonchev–Trinajstić information content (AvgIpc) is 2.29. The Morgan fingerprint density at radius 3 is 3.00 bits per heavy atom. The third-order valence-corrected chi connectivity index (χ3v) is 2.80. The molecule has 3 nitrogen and oxygen atoms in total. The highest BCUT2D eigenvalue weighted by Gasteiger charge is 2.18. The lowest BCUT2D eigenvalue weighted by Crippen LogP contribution is -2.34. The van der Waals surface area contributed by atoms with Crippen molar-refractivity contribution in [1.29, 1.82) is 0 Å². The molecule has 0 radical (unpaired) electrons. The Labute approximate surface area is 95.2 Å². The minimum Gasteiger partial charge on any atom is -0.494 e. The molecule has 1 aromatic rings. The van der Waals surface area contributed by atoms with Crippen LogP contribution in [0.4, 0.5) is 15.8 Å². The van der Waals surface area contributed by atoms with E-state index in [0.717, 1.165) is 37.4 Å². The van der Waals surface area contributed by atoms with Crippen LogP contribution < -0.4 is 15.0 Å². The van der Waals surface area contributed by atoms with E-state index in [1.807, 2.05) is 0 Å². The van der Waals surface area contributed by atoms with Crippen LogP contribution in [0.15, 0.2) is 12.1 Å². The Kier molecular flexibility index (Phi) is 3.17. The van der Waals surface area contributed by atoms with Crippen molar-refractivity contribution in [2.24, 2.45) is 0 Å². The van der Waals surface area contributed by atoms with Gasteiger partial charge in [-0.25, -0.2) is 4.39 Å².